The Kier molecular flexibility index (Phi) is 2.58. The average Bonchev–Trinajstić information content (AvgIpc) is 2.56. The third-order valence-electron chi connectivity index (χ3n) is 2.78. The van der Waals surface area contributed by atoms with Crippen LogP contribution in [0.15, 0.2) is 10.9 Å². The van der Waals surface area contributed by atoms with E-state index in [-0.39, 0.29) is 5.56 Å². The van der Waals surface area contributed by atoms with Gasteiger partial charge in [0.25, 0.3) is 5.56 Å². The van der Waals surface area contributed by atoms with E-state index in [0.717, 1.165) is 23.4 Å². The van der Waals surface area contributed by atoms with Crippen LogP contribution >= 0.6 is 0 Å². The molecule has 16 heavy (non-hydrogen) atoms. The van der Waals surface area contributed by atoms with E-state index in [9.17, 15) is 4.79 Å². The number of nitrogens with one attached hydrogen (secondary N) is 1. The van der Waals surface area contributed by atoms with Crippen molar-refractivity contribution >= 4 is 5.65 Å². The molecule has 4 nitrogen and oxygen atoms in total. The van der Waals surface area contributed by atoms with Crippen molar-refractivity contribution in [1.82, 2.24) is 14.6 Å². The lowest BCUT2D eigenvalue weighted by Gasteiger charge is -1.99. The number of nitrogens with zero attached hydrogens (tertiary/aromatic N) is 2. The van der Waals surface area contributed by atoms with Crippen molar-refractivity contribution in [2.24, 2.45) is 5.92 Å². The highest BCUT2D eigenvalue weighted by Crippen LogP contribution is 2.08. The number of aryl methyl sites for hydroxylation is 1. The van der Waals surface area contributed by atoms with E-state index in [1.54, 1.807) is 0 Å². The Balaban J connectivity index is 2.62. The highest BCUT2D eigenvalue weighted by molar-refractivity contribution is 5.43. The molecule has 0 aliphatic rings. The van der Waals surface area contributed by atoms with Gasteiger partial charge in [0.05, 0.1) is 0 Å². The van der Waals surface area contributed by atoms with Crippen molar-refractivity contribution < 1.29 is 0 Å². The molecule has 0 radical (unpaired) electrons. The summed E-state index contributed by atoms with van der Waals surface area (Å²) in [5, 5.41) is 3.06. The van der Waals surface area contributed by atoms with Crippen molar-refractivity contribution in [3.8, 4) is 0 Å². The molecule has 2 rings (SSSR count). The molecule has 0 amide bonds. The normalized spacial score (nSPS) is 11.6. The molecule has 2 aromatic heterocycles. The summed E-state index contributed by atoms with van der Waals surface area (Å²) in [6.45, 7) is 8.04. The van der Waals surface area contributed by atoms with Crippen LogP contribution in [0.25, 0.3) is 5.65 Å². The third kappa shape index (κ3) is 1.75. The van der Waals surface area contributed by atoms with Gasteiger partial charge in [-0.15, -0.1) is 0 Å². The number of rotatable bonds is 2. The molecule has 0 unspecified atom stereocenters. The van der Waals surface area contributed by atoms with E-state index in [1.807, 2.05) is 19.9 Å². The van der Waals surface area contributed by atoms with E-state index in [2.05, 4.69) is 23.9 Å². The topological polar surface area (TPSA) is 50.2 Å². The van der Waals surface area contributed by atoms with Crippen molar-refractivity contribution in [3.63, 3.8) is 0 Å². The van der Waals surface area contributed by atoms with Gasteiger partial charge in [0.15, 0.2) is 5.65 Å². The fourth-order valence-electron chi connectivity index (χ4n) is 1.77. The second-order valence-corrected chi connectivity index (χ2v) is 4.72. The van der Waals surface area contributed by atoms with Crippen LogP contribution in [-0.4, -0.2) is 14.6 Å². The summed E-state index contributed by atoms with van der Waals surface area (Å²) in [5.41, 5.74) is 2.48. The predicted octanol–water partition coefficient (Wildman–Crippen LogP) is 1.84. The summed E-state index contributed by atoms with van der Waals surface area (Å²) in [6, 6.07) is 1.94. The fourth-order valence-corrected chi connectivity index (χ4v) is 1.77. The van der Waals surface area contributed by atoms with Crippen molar-refractivity contribution in [3.05, 3.63) is 33.4 Å². The molecule has 0 aliphatic heterocycles. The standard InChI is InChI=1S/C12H17N3O/c1-7(2)5-10-13-11-6-8(3)9(4)12(16)15(11)14-10/h6-7H,5H2,1-4H3,(H,13,14). The summed E-state index contributed by atoms with van der Waals surface area (Å²) in [5.74, 6) is 1.40. The van der Waals surface area contributed by atoms with Crippen LogP contribution in [0.1, 0.15) is 30.8 Å². The zero-order valence-electron chi connectivity index (χ0n) is 10.2. The zero-order valence-corrected chi connectivity index (χ0v) is 10.2. The summed E-state index contributed by atoms with van der Waals surface area (Å²) < 4.78 is 1.53. The van der Waals surface area contributed by atoms with Crippen molar-refractivity contribution in [2.45, 2.75) is 34.1 Å². The van der Waals surface area contributed by atoms with Gasteiger partial charge in [-0.2, -0.15) is 4.52 Å². The maximum absolute atomic E-state index is 11.9. The molecule has 0 aromatic carbocycles. The van der Waals surface area contributed by atoms with Crippen LogP contribution < -0.4 is 5.56 Å². The largest absolute Gasteiger partial charge is 0.276 e. The van der Waals surface area contributed by atoms with Crippen LogP contribution in [0.4, 0.5) is 0 Å². The smallest absolute Gasteiger partial charge is 0.274 e. The number of pyridine rings is 1. The maximum atomic E-state index is 11.9. The fraction of sp³-hybridized carbons (Fsp3) is 0.500. The van der Waals surface area contributed by atoms with Gasteiger partial charge in [-0.25, -0.2) is 4.98 Å². The van der Waals surface area contributed by atoms with Gasteiger partial charge in [0, 0.05) is 12.0 Å². The number of hydrogen-bond acceptors (Lipinski definition) is 2. The van der Waals surface area contributed by atoms with Crippen molar-refractivity contribution in [1.29, 1.82) is 0 Å². The van der Waals surface area contributed by atoms with Gasteiger partial charge in [0.1, 0.15) is 5.82 Å². The Hall–Kier alpha value is -1.58. The number of fused-ring (bicyclic) bond motifs is 1. The van der Waals surface area contributed by atoms with Gasteiger partial charge in [-0.1, -0.05) is 13.8 Å². The highest BCUT2D eigenvalue weighted by atomic mass is 16.1. The number of hydrogen-bond donors (Lipinski definition) is 1. The first-order chi connectivity index (χ1) is 7.49. The van der Waals surface area contributed by atoms with Crippen LogP contribution in [0.2, 0.25) is 0 Å². The molecule has 2 aromatic rings. The number of H-pyrrole nitrogens is 1. The van der Waals surface area contributed by atoms with E-state index in [4.69, 9.17) is 0 Å². The highest BCUT2D eigenvalue weighted by Gasteiger charge is 2.09. The lowest BCUT2D eigenvalue weighted by molar-refractivity contribution is 0.619. The van der Waals surface area contributed by atoms with Gasteiger partial charge in [-0.3, -0.25) is 9.89 Å². The Bertz CT molecular complexity index is 578. The van der Waals surface area contributed by atoms with Crippen LogP contribution in [0.5, 0.6) is 0 Å². The summed E-state index contributed by atoms with van der Waals surface area (Å²) in [7, 11) is 0. The lowest BCUT2D eigenvalue weighted by atomic mass is 10.1. The van der Waals surface area contributed by atoms with E-state index >= 15 is 0 Å². The molecule has 86 valence electrons. The van der Waals surface area contributed by atoms with Gasteiger partial charge in [0.2, 0.25) is 0 Å². The molecule has 0 spiro atoms. The molecule has 0 saturated heterocycles. The minimum atomic E-state index is -0.00231. The third-order valence-corrected chi connectivity index (χ3v) is 2.78. The molecular weight excluding hydrogens is 202 g/mol. The van der Waals surface area contributed by atoms with Gasteiger partial charge < -0.3 is 0 Å². The maximum Gasteiger partial charge on any atom is 0.274 e. The van der Waals surface area contributed by atoms with Crippen LogP contribution in [-0.2, 0) is 6.42 Å². The van der Waals surface area contributed by atoms with Gasteiger partial charge in [-0.05, 0) is 31.4 Å². The SMILES string of the molecule is Cc1cc2nc(CC(C)C)[nH]n2c(=O)c1C. The van der Waals surface area contributed by atoms with E-state index in [1.165, 1.54) is 4.52 Å². The van der Waals surface area contributed by atoms with E-state index in [0.29, 0.717) is 11.6 Å². The minimum absolute atomic E-state index is 0.00231. The van der Waals surface area contributed by atoms with Gasteiger partial charge >= 0.3 is 0 Å². The monoisotopic (exact) mass is 219 g/mol. The minimum Gasteiger partial charge on any atom is -0.276 e. The molecule has 0 fully saturated rings. The Labute approximate surface area is 94.3 Å². The number of aromatic nitrogens is 3. The Morgan fingerprint density at radius 1 is 1.44 bits per heavy atom. The molecular formula is C12H17N3O. The Morgan fingerprint density at radius 3 is 2.75 bits per heavy atom. The average molecular weight is 219 g/mol. The molecule has 0 aliphatic carbocycles. The predicted molar refractivity (Wildman–Crippen MR) is 63.8 cm³/mol. The first-order valence-electron chi connectivity index (χ1n) is 5.57. The number of aromatic amines is 1. The second-order valence-electron chi connectivity index (χ2n) is 4.72. The van der Waals surface area contributed by atoms with Crippen LogP contribution in [0, 0.1) is 19.8 Å². The van der Waals surface area contributed by atoms with E-state index < -0.39 is 0 Å². The molecule has 0 atom stereocenters. The zero-order chi connectivity index (χ0) is 11.9. The lowest BCUT2D eigenvalue weighted by Crippen LogP contribution is -2.17. The summed E-state index contributed by atoms with van der Waals surface area (Å²) >= 11 is 0. The molecule has 2 heterocycles. The molecule has 1 N–H and O–H groups in total. The second kappa shape index (κ2) is 3.77. The van der Waals surface area contributed by atoms with Crippen LogP contribution in [0.3, 0.4) is 0 Å². The first-order valence-corrected chi connectivity index (χ1v) is 5.57. The quantitative estimate of drug-likeness (QED) is 0.837. The van der Waals surface area contributed by atoms with Crippen molar-refractivity contribution in [2.75, 3.05) is 0 Å². The first kappa shape index (κ1) is 10.9. The Morgan fingerprint density at radius 2 is 2.12 bits per heavy atom. The summed E-state index contributed by atoms with van der Waals surface area (Å²) in [4.78, 5) is 16.4. The molecule has 0 bridgehead atoms. The molecule has 4 heteroatoms. The summed E-state index contributed by atoms with van der Waals surface area (Å²) in [6.07, 6.45) is 0.860. The molecule has 0 saturated carbocycles.